The van der Waals surface area contributed by atoms with Crippen molar-refractivity contribution in [2.75, 3.05) is 18.5 Å². The summed E-state index contributed by atoms with van der Waals surface area (Å²) in [6.45, 7) is 1.52. The van der Waals surface area contributed by atoms with Crippen molar-refractivity contribution < 1.29 is 9.13 Å². The van der Waals surface area contributed by atoms with Crippen LogP contribution in [0.25, 0.3) is 0 Å². The molecule has 0 amide bonds. The van der Waals surface area contributed by atoms with Crippen LogP contribution in [0.2, 0.25) is 10.0 Å². The first-order chi connectivity index (χ1) is 8.16. The molecule has 1 aromatic rings. The lowest BCUT2D eigenvalue weighted by atomic mass is 10.1. The van der Waals surface area contributed by atoms with E-state index >= 15 is 0 Å². The van der Waals surface area contributed by atoms with E-state index in [-0.39, 0.29) is 6.04 Å². The Labute approximate surface area is 110 Å². The summed E-state index contributed by atoms with van der Waals surface area (Å²) < 4.78 is 18.4. The van der Waals surface area contributed by atoms with Gasteiger partial charge in [0.25, 0.3) is 0 Å². The van der Waals surface area contributed by atoms with E-state index in [0.29, 0.717) is 15.7 Å². The van der Waals surface area contributed by atoms with Gasteiger partial charge in [0.15, 0.2) is 0 Å². The van der Waals surface area contributed by atoms with Crippen LogP contribution in [0.3, 0.4) is 0 Å². The molecule has 2 nitrogen and oxygen atoms in total. The molecule has 1 aromatic carbocycles. The lowest BCUT2D eigenvalue weighted by molar-refractivity contribution is 0.144. The van der Waals surface area contributed by atoms with E-state index in [9.17, 15) is 4.39 Å². The Bertz CT molecular complexity index is 369. The lowest BCUT2D eigenvalue weighted by Crippen LogP contribution is -2.20. The zero-order valence-electron chi connectivity index (χ0n) is 9.31. The number of hydrogen-bond donors (Lipinski definition) is 1. The molecule has 1 atom stereocenters. The third kappa shape index (κ3) is 3.47. The number of hydrogen-bond acceptors (Lipinski definition) is 2. The van der Waals surface area contributed by atoms with Gasteiger partial charge >= 0.3 is 0 Å². The number of nitrogens with one attached hydrogen (secondary N) is 1. The number of anilines is 1. The highest BCUT2D eigenvalue weighted by atomic mass is 35.5. The highest BCUT2D eigenvalue weighted by Crippen LogP contribution is 2.32. The van der Waals surface area contributed by atoms with Crippen LogP contribution in [0.15, 0.2) is 12.1 Å². The molecule has 1 heterocycles. The fraction of sp³-hybridized carbons (Fsp3) is 0.500. The van der Waals surface area contributed by atoms with Crippen molar-refractivity contribution in [3.8, 4) is 0 Å². The van der Waals surface area contributed by atoms with Gasteiger partial charge in [0.2, 0.25) is 0 Å². The molecule has 0 radical (unpaired) electrons. The van der Waals surface area contributed by atoms with Crippen molar-refractivity contribution in [2.45, 2.75) is 25.3 Å². The molecule has 1 aliphatic heterocycles. The molecule has 2 rings (SSSR count). The highest BCUT2D eigenvalue weighted by molar-refractivity contribution is 6.39. The number of ether oxygens (including phenoxy) is 1. The van der Waals surface area contributed by atoms with E-state index in [1.807, 2.05) is 0 Å². The van der Waals surface area contributed by atoms with Gasteiger partial charge in [-0.05, 0) is 31.4 Å². The van der Waals surface area contributed by atoms with Gasteiger partial charge < -0.3 is 10.1 Å². The highest BCUT2D eigenvalue weighted by Gasteiger charge is 2.16. The van der Waals surface area contributed by atoms with Gasteiger partial charge in [0, 0.05) is 19.3 Å². The van der Waals surface area contributed by atoms with Crippen LogP contribution in [0.5, 0.6) is 0 Å². The van der Waals surface area contributed by atoms with E-state index < -0.39 is 5.82 Å². The first-order valence-electron chi connectivity index (χ1n) is 5.65. The monoisotopic (exact) mass is 277 g/mol. The average Bonchev–Trinajstić information content (AvgIpc) is 2.51. The maximum absolute atomic E-state index is 13.0. The second-order valence-corrected chi connectivity index (χ2v) is 4.94. The summed E-state index contributed by atoms with van der Waals surface area (Å²) >= 11 is 12.0. The van der Waals surface area contributed by atoms with Crippen LogP contribution in [0.1, 0.15) is 19.3 Å². The van der Waals surface area contributed by atoms with Gasteiger partial charge in [0.05, 0.1) is 15.7 Å². The quantitative estimate of drug-likeness (QED) is 0.878. The van der Waals surface area contributed by atoms with Crippen LogP contribution < -0.4 is 5.32 Å². The number of halogens is 3. The summed E-state index contributed by atoms with van der Waals surface area (Å²) in [4.78, 5) is 0. The summed E-state index contributed by atoms with van der Waals surface area (Å²) in [7, 11) is 0. The Balaban J connectivity index is 2.11. The number of rotatable bonds is 2. The van der Waals surface area contributed by atoms with Crippen LogP contribution in [0.4, 0.5) is 10.1 Å². The second-order valence-electron chi connectivity index (χ2n) is 4.13. The van der Waals surface area contributed by atoms with Crippen molar-refractivity contribution in [1.82, 2.24) is 0 Å². The summed E-state index contributed by atoms with van der Waals surface area (Å²) in [5.74, 6) is -0.422. The Kier molecular flexibility index (Phi) is 4.48. The third-order valence-corrected chi connectivity index (χ3v) is 3.40. The molecular formula is C12H14Cl2FNO. The SMILES string of the molecule is Fc1cc(Cl)c(NC2CCCOCC2)c(Cl)c1. The Hall–Kier alpha value is -0.510. The number of benzene rings is 1. The largest absolute Gasteiger partial charge is 0.381 e. The van der Waals surface area contributed by atoms with E-state index in [1.54, 1.807) is 0 Å². The minimum absolute atomic E-state index is 0.276. The minimum Gasteiger partial charge on any atom is -0.381 e. The Morgan fingerprint density at radius 1 is 1.18 bits per heavy atom. The van der Waals surface area contributed by atoms with E-state index in [2.05, 4.69) is 5.32 Å². The van der Waals surface area contributed by atoms with Gasteiger partial charge in [-0.15, -0.1) is 0 Å². The van der Waals surface area contributed by atoms with E-state index in [0.717, 1.165) is 32.5 Å². The van der Waals surface area contributed by atoms with Gasteiger partial charge in [-0.1, -0.05) is 23.2 Å². The van der Waals surface area contributed by atoms with Crippen molar-refractivity contribution in [3.63, 3.8) is 0 Å². The molecule has 1 unspecified atom stereocenters. The molecule has 5 heteroatoms. The summed E-state index contributed by atoms with van der Waals surface area (Å²) in [5, 5.41) is 3.91. The molecule has 94 valence electrons. The zero-order valence-corrected chi connectivity index (χ0v) is 10.8. The zero-order chi connectivity index (χ0) is 12.3. The summed E-state index contributed by atoms with van der Waals surface area (Å²) in [6, 6.07) is 2.81. The van der Waals surface area contributed by atoms with Crippen LogP contribution >= 0.6 is 23.2 Å². The van der Waals surface area contributed by atoms with E-state index in [4.69, 9.17) is 27.9 Å². The molecule has 0 aromatic heterocycles. The topological polar surface area (TPSA) is 21.3 Å². The van der Waals surface area contributed by atoms with Crippen molar-refractivity contribution in [2.24, 2.45) is 0 Å². The molecule has 1 N–H and O–H groups in total. The minimum atomic E-state index is -0.422. The van der Waals surface area contributed by atoms with Gasteiger partial charge in [-0.2, -0.15) is 0 Å². The fourth-order valence-electron chi connectivity index (χ4n) is 1.93. The van der Waals surface area contributed by atoms with Crippen LogP contribution in [0, 0.1) is 5.82 Å². The molecule has 0 spiro atoms. The standard InChI is InChI=1S/C12H14Cl2FNO/c13-10-6-8(15)7-11(14)12(10)16-9-2-1-4-17-5-3-9/h6-7,9,16H,1-5H2. The summed E-state index contributed by atoms with van der Waals surface area (Å²) in [6.07, 6.45) is 2.92. The Morgan fingerprint density at radius 2 is 1.88 bits per heavy atom. The van der Waals surface area contributed by atoms with Crippen LogP contribution in [-0.2, 0) is 4.74 Å². The van der Waals surface area contributed by atoms with Gasteiger partial charge in [0.1, 0.15) is 5.82 Å². The smallest absolute Gasteiger partial charge is 0.126 e. The molecule has 1 saturated heterocycles. The predicted molar refractivity (Wildman–Crippen MR) is 68.5 cm³/mol. The van der Waals surface area contributed by atoms with Crippen molar-refractivity contribution in [3.05, 3.63) is 28.0 Å². The van der Waals surface area contributed by atoms with E-state index in [1.165, 1.54) is 12.1 Å². The molecule has 0 aliphatic carbocycles. The third-order valence-electron chi connectivity index (χ3n) is 2.81. The molecular weight excluding hydrogens is 264 g/mol. The predicted octanol–water partition coefficient (Wildman–Crippen LogP) is 4.11. The first-order valence-corrected chi connectivity index (χ1v) is 6.41. The molecule has 1 aliphatic rings. The lowest BCUT2D eigenvalue weighted by Gasteiger charge is -2.19. The normalized spacial score (nSPS) is 21.0. The van der Waals surface area contributed by atoms with Crippen molar-refractivity contribution >= 4 is 28.9 Å². The average molecular weight is 278 g/mol. The van der Waals surface area contributed by atoms with Crippen LogP contribution in [-0.4, -0.2) is 19.3 Å². The molecule has 0 bridgehead atoms. The molecule has 17 heavy (non-hydrogen) atoms. The maximum atomic E-state index is 13.0. The second kappa shape index (κ2) is 5.89. The molecule has 0 saturated carbocycles. The Morgan fingerprint density at radius 3 is 2.59 bits per heavy atom. The fourth-order valence-corrected chi connectivity index (χ4v) is 2.50. The summed E-state index contributed by atoms with van der Waals surface area (Å²) in [5.41, 5.74) is 0.613. The van der Waals surface area contributed by atoms with Gasteiger partial charge in [-0.3, -0.25) is 0 Å². The van der Waals surface area contributed by atoms with Crippen molar-refractivity contribution in [1.29, 1.82) is 0 Å². The van der Waals surface area contributed by atoms with Gasteiger partial charge in [-0.25, -0.2) is 4.39 Å². The molecule has 1 fully saturated rings. The maximum Gasteiger partial charge on any atom is 0.126 e. The first kappa shape index (κ1) is 12.9.